The molecule has 2 rings (SSSR count). The summed E-state index contributed by atoms with van der Waals surface area (Å²) in [5, 5.41) is 3.10. The van der Waals surface area contributed by atoms with Gasteiger partial charge in [0.15, 0.2) is 0 Å². The number of alkyl halides is 3. The molecular formula is C15H20F3NO. The summed E-state index contributed by atoms with van der Waals surface area (Å²) < 4.78 is 42.6. The van der Waals surface area contributed by atoms with E-state index in [9.17, 15) is 13.2 Å². The van der Waals surface area contributed by atoms with E-state index in [1.54, 1.807) is 0 Å². The third kappa shape index (κ3) is 5.04. The molecule has 1 fully saturated rings. The standard InChI is InChI=1S/C15H20F3NO/c1-2-19-14(9-10-15(16,17)18)11-3-5-12(6-4-11)20-13-7-8-13/h3-6,13-14,19H,2,7-10H2,1H3. The van der Waals surface area contributed by atoms with Crippen LogP contribution in [0.1, 0.15) is 44.2 Å². The molecular weight excluding hydrogens is 267 g/mol. The maximum atomic E-state index is 12.3. The first kappa shape index (κ1) is 15.2. The first-order valence-electron chi connectivity index (χ1n) is 7.04. The van der Waals surface area contributed by atoms with Crippen molar-refractivity contribution in [2.75, 3.05) is 6.54 Å². The molecule has 1 atom stereocenters. The maximum absolute atomic E-state index is 12.3. The molecule has 0 spiro atoms. The minimum Gasteiger partial charge on any atom is -0.490 e. The number of hydrogen-bond donors (Lipinski definition) is 1. The molecule has 1 saturated carbocycles. The molecule has 0 bridgehead atoms. The van der Waals surface area contributed by atoms with Crippen LogP contribution in [-0.4, -0.2) is 18.8 Å². The molecule has 0 heterocycles. The summed E-state index contributed by atoms with van der Waals surface area (Å²) >= 11 is 0. The number of benzene rings is 1. The van der Waals surface area contributed by atoms with Gasteiger partial charge in [0, 0.05) is 12.5 Å². The zero-order valence-corrected chi connectivity index (χ0v) is 11.5. The van der Waals surface area contributed by atoms with E-state index < -0.39 is 12.6 Å². The van der Waals surface area contributed by atoms with Crippen LogP contribution in [0.2, 0.25) is 0 Å². The zero-order chi connectivity index (χ0) is 14.6. The molecule has 20 heavy (non-hydrogen) atoms. The Morgan fingerprint density at radius 1 is 1.25 bits per heavy atom. The van der Waals surface area contributed by atoms with Crippen LogP contribution in [0.25, 0.3) is 0 Å². The second kappa shape index (κ2) is 6.48. The van der Waals surface area contributed by atoms with Crippen molar-refractivity contribution in [1.82, 2.24) is 5.32 Å². The normalized spacial score (nSPS) is 17.0. The largest absolute Gasteiger partial charge is 0.490 e. The van der Waals surface area contributed by atoms with Crippen LogP contribution < -0.4 is 10.1 Å². The molecule has 0 amide bonds. The Bertz CT molecular complexity index is 412. The zero-order valence-electron chi connectivity index (χ0n) is 11.5. The number of rotatable bonds is 7. The molecule has 2 nitrogen and oxygen atoms in total. The van der Waals surface area contributed by atoms with Crippen molar-refractivity contribution in [3.05, 3.63) is 29.8 Å². The summed E-state index contributed by atoms with van der Waals surface area (Å²) in [5.74, 6) is 0.794. The molecule has 1 aromatic rings. The van der Waals surface area contributed by atoms with Gasteiger partial charge in [0.25, 0.3) is 0 Å². The van der Waals surface area contributed by atoms with Gasteiger partial charge in [-0.2, -0.15) is 13.2 Å². The molecule has 1 N–H and O–H groups in total. The quantitative estimate of drug-likeness (QED) is 0.810. The Kier molecular flexibility index (Phi) is 4.91. The smallest absolute Gasteiger partial charge is 0.389 e. The maximum Gasteiger partial charge on any atom is 0.389 e. The SMILES string of the molecule is CCNC(CCC(F)(F)F)c1ccc(OC2CC2)cc1. The second-order valence-corrected chi connectivity index (χ2v) is 5.15. The van der Waals surface area contributed by atoms with E-state index in [0.29, 0.717) is 12.6 Å². The highest BCUT2D eigenvalue weighted by atomic mass is 19.4. The molecule has 1 unspecified atom stereocenters. The Balaban J connectivity index is 1.96. The van der Waals surface area contributed by atoms with Crippen LogP contribution in [0.4, 0.5) is 13.2 Å². The summed E-state index contributed by atoms with van der Waals surface area (Å²) in [6.45, 7) is 2.54. The van der Waals surface area contributed by atoms with Crippen molar-refractivity contribution in [2.24, 2.45) is 0 Å². The molecule has 0 saturated heterocycles. The van der Waals surface area contributed by atoms with E-state index in [2.05, 4.69) is 5.32 Å². The molecule has 0 radical (unpaired) electrons. The van der Waals surface area contributed by atoms with Crippen LogP contribution in [0, 0.1) is 0 Å². The van der Waals surface area contributed by atoms with Crippen LogP contribution in [0.15, 0.2) is 24.3 Å². The summed E-state index contributed by atoms with van der Waals surface area (Å²) in [6, 6.07) is 7.11. The van der Waals surface area contributed by atoms with E-state index in [1.165, 1.54) is 0 Å². The summed E-state index contributed by atoms with van der Waals surface area (Å²) in [5.41, 5.74) is 0.874. The Morgan fingerprint density at radius 2 is 1.90 bits per heavy atom. The lowest BCUT2D eigenvalue weighted by atomic mass is 10.0. The summed E-state index contributed by atoms with van der Waals surface area (Å²) in [7, 11) is 0. The summed E-state index contributed by atoms with van der Waals surface area (Å²) in [6.07, 6.45) is -2.31. The fraction of sp³-hybridized carbons (Fsp3) is 0.600. The van der Waals surface area contributed by atoms with Gasteiger partial charge in [-0.1, -0.05) is 19.1 Å². The first-order chi connectivity index (χ1) is 9.48. The highest BCUT2D eigenvalue weighted by Gasteiger charge is 2.28. The van der Waals surface area contributed by atoms with Crippen LogP contribution in [-0.2, 0) is 0 Å². The second-order valence-electron chi connectivity index (χ2n) is 5.15. The topological polar surface area (TPSA) is 21.3 Å². The predicted octanol–water partition coefficient (Wildman–Crippen LogP) is 4.22. The van der Waals surface area contributed by atoms with E-state index >= 15 is 0 Å². The molecule has 1 aromatic carbocycles. The van der Waals surface area contributed by atoms with Crippen molar-refractivity contribution >= 4 is 0 Å². The monoisotopic (exact) mass is 287 g/mol. The van der Waals surface area contributed by atoms with Gasteiger partial charge in [-0.05, 0) is 43.5 Å². The van der Waals surface area contributed by atoms with Gasteiger partial charge in [-0.3, -0.25) is 0 Å². The van der Waals surface area contributed by atoms with Gasteiger partial charge in [-0.15, -0.1) is 0 Å². The lowest BCUT2D eigenvalue weighted by molar-refractivity contribution is -0.136. The van der Waals surface area contributed by atoms with Gasteiger partial charge in [-0.25, -0.2) is 0 Å². The van der Waals surface area contributed by atoms with E-state index in [1.807, 2.05) is 31.2 Å². The third-order valence-corrected chi connectivity index (χ3v) is 3.28. The number of ether oxygens (including phenoxy) is 1. The predicted molar refractivity (Wildman–Crippen MR) is 71.8 cm³/mol. The third-order valence-electron chi connectivity index (χ3n) is 3.28. The van der Waals surface area contributed by atoms with Gasteiger partial charge >= 0.3 is 6.18 Å². The molecule has 1 aliphatic carbocycles. The molecule has 5 heteroatoms. The van der Waals surface area contributed by atoms with Gasteiger partial charge in [0.05, 0.1) is 6.10 Å². The average molecular weight is 287 g/mol. The number of nitrogens with one attached hydrogen (secondary N) is 1. The van der Waals surface area contributed by atoms with Crippen molar-refractivity contribution in [1.29, 1.82) is 0 Å². The van der Waals surface area contributed by atoms with Gasteiger partial charge in [0.1, 0.15) is 5.75 Å². The number of halogens is 3. The highest BCUT2D eigenvalue weighted by molar-refractivity contribution is 5.29. The average Bonchev–Trinajstić information content (AvgIpc) is 3.18. The fourth-order valence-electron chi connectivity index (χ4n) is 2.10. The Labute approximate surface area is 117 Å². The molecule has 0 aromatic heterocycles. The van der Waals surface area contributed by atoms with Gasteiger partial charge < -0.3 is 10.1 Å². The Morgan fingerprint density at radius 3 is 2.40 bits per heavy atom. The van der Waals surface area contributed by atoms with Crippen LogP contribution >= 0.6 is 0 Å². The van der Waals surface area contributed by atoms with Crippen molar-refractivity contribution < 1.29 is 17.9 Å². The number of hydrogen-bond acceptors (Lipinski definition) is 2. The van der Waals surface area contributed by atoms with E-state index in [4.69, 9.17) is 4.74 Å². The first-order valence-corrected chi connectivity index (χ1v) is 7.04. The lowest BCUT2D eigenvalue weighted by Gasteiger charge is -2.19. The molecule has 1 aliphatic rings. The Hall–Kier alpha value is -1.23. The van der Waals surface area contributed by atoms with E-state index in [0.717, 1.165) is 24.2 Å². The van der Waals surface area contributed by atoms with Crippen molar-refractivity contribution in [2.45, 2.75) is 50.9 Å². The highest BCUT2D eigenvalue weighted by Crippen LogP contribution is 2.30. The van der Waals surface area contributed by atoms with E-state index in [-0.39, 0.29) is 12.5 Å². The lowest BCUT2D eigenvalue weighted by Crippen LogP contribution is -2.23. The molecule has 0 aliphatic heterocycles. The van der Waals surface area contributed by atoms with Crippen molar-refractivity contribution in [3.63, 3.8) is 0 Å². The fourth-order valence-corrected chi connectivity index (χ4v) is 2.10. The van der Waals surface area contributed by atoms with Crippen LogP contribution in [0.5, 0.6) is 5.75 Å². The van der Waals surface area contributed by atoms with Crippen molar-refractivity contribution in [3.8, 4) is 5.75 Å². The minimum atomic E-state index is -4.11. The molecule has 112 valence electrons. The minimum absolute atomic E-state index is 0.0557. The van der Waals surface area contributed by atoms with Gasteiger partial charge in [0.2, 0.25) is 0 Å². The summed E-state index contributed by atoms with van der Waals surface area (Å²) in [4.78, 5) is 0. The van der Waals surface area contributed by atoms with Crippen LogP contribution in [0.3, 0.4) is 0 Å².